The molecule has 2 aromatic rings. The number of rotatable bonds is 5. The number of anilines is 1. The summed E-state index contributed by atoms with van der Waals surface area (Å²) in [5.74, 6) is 0.242. The summed E-state index contributed by atoms with van der Waals surface area (Å²) in [7, 11) is -2.42. The van der Waals surface area contributed by atoms with Crippen molar-refractivity contribution < 1.29 is 13.2 Å². The first-order valence-electron chi connectivity index (χ1n) is 6.12. The van der Waals surface area contributed by atoms with Crippen LogP contribution in [0.3, 0.4) is 0 Å². The molecule has 0 radical (unpaired) electrons. The first-order chi connectivity index (χ1) is 9.97. The number of halogens is 1. The largest absolute Gasteiger partial charge is 0.495 e. The standard InChI is InChI=1S/C14H15ClN2O3S/c1-20-13-7-6-10(9-16)8-14(13)21(18,19)17-12-5-3-2-4-11(12)15/h2-8,17H,9,16H2,1H3. The fourth-order valence-corrected chi connectivity index (χ4v) is 3.34. The number of nitrogens with two attached hydrogens (primary N) is 1. The zero-order chi connectivity index (χ0) is 15.5. The Morgan fingerprint density at radius 3 is 2.57 bits per heavy atom. The summed E-state index contributed by atoms with van der Waals surface area (Å²) in [5.41, 5.74) is 6.55. The van der Waals surface area contributed by atoms with Gasteiger partial charge in [0.1, 0.15) is 10.6 Å². The Balaban J connectivity index is 2.46. The van der Waals surface area contributed by atoms with Crippen LogP contribution in [0.4, 0.5) is 5.69 Å². The lowest BCUT2D eigenvalue weighted by molar-refractivity contribution is 0.402. The van der Waals surface area contributed by atoms with Crippen LogP contribution in [0.5, 0.6) is 5.75 Å². The quantitative estimate of drug-likeness (QED) is 0.885. The predicted octanol–water partition coefficient (Wildman–Crippen LogP) is 2.61. The molecule has 112 valence electrons. The lowest BCUT2D eigenvalue weighted by Crippen LogP contribution is -2.15. The molecule has 0 saturated heterocycles. The van der Waals surface area contributed by atoms with Crippen LogP contribution in [0.1, 0.15) is 5.56 Å². The topological polar surface area (TPSA) is 81.4 Å². The summed E-state index contributed by atoms with van der Waals surface area (Å²) in [4.78, 5) is 0.0212. The number of hydrogen-bond acceptors (Lipinski definition) is 4. The second-order valence-electron chi connectivity index (χ2n) is 4.27. The van der Waals surface area contributed by atoms with Crippen LogP contribution in [0.25, 0.3) is 0 Å². The average Bonchev–Trinajstić information content (AvgIpc) is 2.48. The van der Waals surface area contributed by atoms with Gasteiger partial charge in [0.05, 0.1) is 17.8 Å². The first kappa shape index (κ1) is 15.6. The van der Waals surface area contributed by atoms with Crippen LogP contribution >= 0.6 is 11.6 Å². The maximum absolute atomic E-state index is 12.5. The summed E-state index contributed by atoms with van der Waals surface area (Å²) in [6.07, 6.45) is 0. The Morgan fingerprint density at radius 1 is 1.24 bits per heavy atom. The minimum Gasteiger partial charge on any atom is -0.495 e. The van der Waals surface area contributed by atoms with Gasteiger partial charge in [-0.3, -0.25) is 4.72 Å². The Bertz CT molecular complexity index is 748. The predicted molar refractivity (Wildman–Crippen MR) is 83.1 cm³/mol. The molecule has 0 bridgehead atoms. The molecule has 0 fully saturated rings. The maximum atomic E-state index is 12.5. The molecular weight excluding hydrogens is 312 g/mol. The molecule has 3 N–H and O–H groups in total. The number of hydrogen-bond donors (Lipinski definition) is 2. The van der Waals surface area contributed by atoms with Crippen LogP contribution in [-0.2, 0) is 16.6 Å². The van der Waals surface area contributed by atoms with Gasteiger partial charge in [0.25, 0.3) is 10.0 Å². The van der Waals surface area contributed by atoms with Crippen LogP contribution < -0.4 is 15.2 Å². The van der Waals surface area contributed by atoms with Crippen molar-refractivity contribution >= 4 is 27.3 Å². The lowest BCUT2D eigenvalue weighted by Gasteiger charge is -2.13. The number of para-hydroxylation sites is 1. The minimum atomic E-state index is -3.83. The smallest absolute Gasteiger partial charge is 0.265 e. The molecule has 0 atom stereocenters. The van der Waals surface area contributed by atoms with Crippen LogP contribution in [0.15, 0.2) is 47.4 Å². The Labute approximate surface area is 128 Å². The first-order valence-corrected chi connectivity index (χ1v) is 7.98. The number of benzene rings is 2. The van der Waals surface area contributed by atoms with E-state index in [1.807, 2.05) is 0 Å². The second kappa shape index (κ2) is 6.34. The van der Waals surface area contributed by atoms with Gasteiger partial charge in [0, 0.05) is 6.54 Å². The highest BCUT2D eigenvalue weighted by molar-refractivity contribution is 7.92. The minimum absolute atomic E-state index is 0.0212. The molecule has 0 amide bonds. The van der Waals surface area contributed by atoms with Crippen molar-refractivity contribution in [3.63, 3.8) is 0 Å². The van der Waals surface area contributed by atoms with E-state index in [2.05, 4.69) is 4.72 Å². The van der Waals surface area contributed by atoms with Crippen molar-refractivity contribution in [1.29, 1.82) is 0 Å². The summed E-state index contributed by atoms with van der Waals surface area (Å²) in [5, 5.41) is 0.315. The highest BCUT2D eigenvalue weighted by atomic mass is 35.5. The van der Waals surface area contributed by atoms with E-state index in [-0.39, 0.29) is 17.2 Å². The third kappa shape index (κ3) is 3.47. The normalized spacial score (nSPS) is 11.2. The second-order valence-corrected chi connectivity index (χ2v) is 6.33. The highest BCUT2D eigenvalue weighted by Gasteiger charge is 2.21. The Morgan fingerprint density at radius 2 is 1.95 bits per heavy atom. The van der Waals surface area contributed by atoms with Gasteiger partial charge in [-0.05, 0) is 29.8 Å². The van der Waals surface area contributed by atoms with E-state index in [4.69, 9.17) is 22.1 Å². The molecule has 0 saturated carbocycles. The molecule has 2 aromatic carbocycles. The third-order valence-corrected chi connectivity index (χ3v) is 4.59. The fraction of sp³-hybridized carbons (Fsp3) is 0.143. The van der Waals surface area contributed by atoms with Crippen LogP contribution in [-0.4, -0.2) is 15.5 Å². The summed E-state index contributed by atoms with van der Waals surface area (Å²) >= 11 is 5.97. The number of sulfonamides is 1. The molecule has 0 aliphatic rings. The van der Waals surface area contributed by atoms with Crippen molar-refractivity contribution in [1.82, 2.24) is 0 Å². The van der Waals surface area contributed by atoms with Crippen LogP contribution in [0.2, 0.25) is 5.02 Å². The van der Waals surface area contributed by atoms with E-state index in [0.717, 1.165) is 0 Å². The number of ether oxygens (including phenoxy) is 1. The summed E-state index contributed by atoms with van der Waals surface area (Å²) < 4.78 is 32.6. The van der Waals surface area contributed by atoms with Gasteiger partial charge in [0.2, 0.25) is 0 Å². The summed E-state index contributed by atoms with van der Waals surface area (Å²) in [6.45, 7) is 0.235. The Kier molecular flexibility index (Phi) is 4.72. The summed E-state index contributed by atoms with van der Waals surface area (Å²) in [6, 6.07) is 11.4. The molecule has 5 nitrogen and oxygen atoms in total. The van der Waals surface area contributed by atoms with E-state index in [1.165, 1.54) is 13.2 Å². The maximum Gasteiger partial charge on any atom is 0.265 e. The SMILES string of the molecule is COc1ccc(CN)cc1S(=O)(=O)Nc1ccccc1Cl. The molecule has 0 aliphatic heterocycles. The van der Waals surface area contributed by atoms with Crippen molar-refractivity contribution in [3.05, 3.63) is 53.1 Å². The molecule has 7 heteroatoms. The third-order valence-electron chi connectivity index (χ3n) is 2.87. The molecule has 21 heavy (non-hydrogen) atoms. The van der Waals surface area contributed by atoms with E-state index >= 15 is 0 Å². The van der Waals surface area contributed by atoms with Crippen molar-refractivity contribution in [2.75, 3.05) is 11.8 Å². The molecule has 0 unspecified atom stereocenters. The van der Waals surface area contributed by atoms with Gasteiger partial charge in [-0.25, -0.2) is 8.42 Å². The van der Waals surface area contributed by atoms with Crippen LogP contribution in [0, 0.1) is 0 Å². The van der Waals surface area contributed by atoms with E-state index in [0.29, 0.717) is 16.3 Å². The zero-order valence-corrected chi connectivity index (χ0v) is 12.9. The van der Waals surface area contributed by atoms with Gasteiger partial charge in [-0.2, -0.15) is 0 Å². The van der Waals surface area contributed by atoms with Crippen molar-refractivity contribution in [3.8, 4) is 5.75 Å². The molecule has 2 rings (SSSR count). The molecular formula is C14H15ClN2O3S. The van der Waals surface area contributed by atoms with Gasteiger partial charge in [0.15, 0.2) is 0 Å². The highest BCUT2D eigenvalue weighted by Crippen LogP contribution is 2.29. The van der Waals surface area contributed by atoms with E-state index in [1.54, 1.807) is 36.4 Å². The Hall–Kier alpha value is -1.76. The number of nitrogens with one attached hydrogen (secondary N) is 1. The van der Waals surface area contributed by atoms with Gasteiger partial charge >= 0.3 is 0 Å². The van der Waals surface area contributed by atoms with Gasteiger partial charge < -0.3 is 10.5 Å². The van der Waals surface area contributed by atoms with E-state index in [9.17, 15) is 8.42 Å². The molecule has 0 heterocycles. The lowest BCUT2D eigenvalue weighted by atomic mass is 10.2. The van der Waals surface area contributed by atoms with E-state index < -0.39 is 10.0 Å². The van der Waals surface area contributed by atoms with Crippen molar-refractivity contribution in [2.45, 2.75) is 11.4 Å². The monoisotopic (exact) mass is 326 g/mol. The zero-order valence-electron chi connectivity index (χ0n) is 11.3. The van der Waals surface area contributed by atoms with Gasteiger partial charge in [-0.15, -0.1) is 0 Å². The van der Waals surface area contributed by atoms with Crippen molar-refractivity contribution in [2.24, 2.45) is 5.73 Å². The molecule has 0 spiro atoms. The fourth-order valence-electron chi connectivity index (χ4n) is 1.80. The average molecular weight is 327 g/mol. The number of methoxy groups -OCH3 is 1. The molecule has 0 aliphatic carbocycles. The van der Waals surface area contributed by atoms with Gasteiger partial charge in [-0.1, -0.05) is 29.8 Å². The molecule has 0 aromatic heterocycles.